The lowest BCUT2D eigenvalue weighted by Gasteiger charge is -2.12. The van der Waals surface area contributed by atoms with E-state index in [0.717, 1.165) is 0 Å². The Bertz CT molecular complexity index is 996. The van der Waals surface area contributed by atoms with Gasteiger partial charge < -0.3 is 10.4 Å². The second kappa shape index (κ2) is 6.87. The minimum Gasteiger partial charge on any atom is -0.481 e. The maximum atomic E-state index is 13.4. The number of nitrogens with zero attached hydrogens (tertiary/aromatic N) is 3. The van der Waals surface area contributed by atoms with Crippen molar-refractivity contribution in [2.45, 2.75) is 26.3 Å². The minimum absolute atomic E-state index is 0.203. The molecule has 0 aliphatic carbocycles. The molecule has 8 nitrogen and oxygen atoms in total. The van der Waals surface area contributed by atoms with Crippen LogP contribution in [0.1, 0.15) is 40.7 Å². The number of aliphatic carboxylic acids is 1. The number of rotatable bonds is 5. The highest BCUT2D eigenvalue weighted by Crippen LogP contribution is 2.20. The van der Waals surface area contributed by atoms with Crippen molar-refractivity contribution < 1.29 is 19.1 Å². The predicted octanol–water partition coefficient (Wildman–Crippen LogP) is 1.92. The van der Waals surface area contributed by atoms with Crippen molar-refractivity contribution in [3.8, 4) is 0 Å². The number of carboxylic acid groups (broad SMARTS) is 1. The standard InChI is InChI=1S/C17H16FN5O3/c1-8-5-12(11-4-3-10(18)6-13(11)19-8)17(26)20-9(2)16-21-14(22-23-16)7-15(24)25/h3-6,9H,7H2,1-2H3,(H,20,26)(H,24,25)(H,21,22,23). The second-order valence-corrected chi connectivity index (χ2v) is 5.88. The monoisotopic (exact) mass is 357 g/mol. The van der Waals surface area contributed by atoms with Crippen molar-refractivity contribution >= 4 is 22.8 Å². The number of carbonyl (C=O) groups excluding carboxylic acids is 1. The third kappa shape index (κ3) is 3.66. The number of H-pyrrole nitrogens is 1. The Kier molecular flexibility index (Phi) is 4.61. The summed E-state index contributed by atoms with van der Waals surface area (Å²) in [6, 6.07) is 5.12. The number of aryl methyl sites for hydroxylation is 1. The van der Waals surface area contributed by atoms with Gasteiger partial charge in [-0.25, -0.2) is 9.37 Å². The molecule has 1 aromatic carbocycles. The Hall–Kier alpha value is -3.36. The Balaban J connectivity index is 1.84. The SMILES string of the molecule is Cc1cc(C(=O)NC(C)c2n[nH]c(CC(=O)O)n2)c2ccc(F)cc2n1. The third-order valence-corrected chi connectivity index (χ3v) is 3.75. The van der Waals surface area contributed by atoms with E-state index in [0.29, 0.717) is 22.2 Å². The maximum absolute atomic E-state index is 13.4. The lowest BCUT2D eigenvalue weighted by atomic mass is 10.1. The highest BCUT2D eigenvalue weighted by Gasteiger charge is 2.19. The summed E-state index contributed by atoms with van der Waals surface area (Å²) in [7, 11) is 0. The van der Waals surface area contributed by atoms with Crippen LogP contribution in [0.4, 0.5) is 4.39 Å². The Labute approximate surface area is 147 Å². The minimum atomic E-state index is -1.03. The van der Waals surface area contributed by atoms with Gasteiger partial charge in [0.15, 0.2) is 5.82 Å². The highest BCUT2D eigenvalue weighted by molar-refractivity contribution is 6.06. The van der Waals surface area contributed by atoms with Gasteiger partial charge in [-0.15, -0.1) is 0 Å². The molecule has 0 saturated heterocycles. The van der Waals surface area contributed by atoms with E-state index in [2.05, 4.69) is 25.5 Å². The van der Waals surface area contributed by atoms with Crippen LogP contribution < -0.4 is 5.32 Å². The van der Waals surface area contributed by atoms with E-state index < -0.39 is 17.8 Å². The normalized spacial score (nSPS) is 12.1. The summed E-state index contributed by atoms with van der Waals surface area (Å²) in [5.74, 6) is -1.37. The molecule has 0 aliphatic heterocycles. The largest absolute Gasteiger partial charge is 0.481 e. The summed E-state index contributed by atoms with van der Waals surface area (Å²) in [5, 5.41) is 18.5. The van der Waals surface area contributed by atoms with Crippen LogP contribution in [-0.2, 0) is 11.2 Å². The molecule has 0 fully saturated rings. The van der Waals surface area contributed by atoms with E-state index in [1.54, 1.807) is 19.9 Å². The molecule has 1 atom stereocenters. The summed E-state index contributed by atoms with van der Waals surface area (Å²) in [6.07, 6.45) is -0.284. The first-order chi connectivity index (χ1) is 12.3. The van der Waals surface area contributed by atoms with Gasteiger partial charge in [-0.1, -0.05) is 0 Å². The first-order valence-electron chi connectivity index (χ1n) is 7.84. The summed E-state index contributed by atoms with van der Waals surface area (Å²) in [6.45, 7) is 3.40. The molecule has 3 aromatic rings. The van der Waals surface area contributed by atoms with Crippen LogP contribution in [0.15, 0.2) is 24.3 Å². The summed E-state index contributed by atoms with van der Waals surface area (Å²) in [4.78, 5) is 31.7. The molecular weight excluding hydrogens is 341 g/mol. The van der Waals surface area contributed by atoms with Crippen LogP contribution in [0, 0.1) is 12.7 Å². The molecule has 134 valence electrons. The number of pyridine rings is 1. The fraction of sp³-hybridized carbons (Fsp3) is 0.235. The first-order valence-corrected chi connectivity index (χ1v) is 7.84. The zero-order valence-electron chi connectivity index (χ0n) is 14.1. The van der Waals surface area contributed by atoms with Crippen LogP contribution >= 0.6 is 0 Å². The molecular formula is C17H16FN5O3. The topological polar surface area (TPSA) is 121 Å². The molecule has 0 spiro atoms. The smallest absolute Gasteiger partial charge is 0.311 e. The van der Waals surface area contributed by atoms with Crippen LogP contribution in [0.25, 0.3) is 10.9 Å². The molecule has 0 saturated carbocycles. The predicted molar refractivity (Wildman–Crippen MR) is 90.0 cm³/mol. The number of aromatic nitrogens is 4. The van der Waals surface area contributed by atoms with E-state index in [-0.39, 0.29) is 24.0 Å². The molecule has 0 aliphatic rings. The number of benzene rings is 1. The van der Waals surface area contributed by atoms with E-state index >= 15 is 0 Å². The molecule has 2 aromatic heterocycles. The molecule has 3 rings (SSSR count). The van der Waals surface area contributed by atoms with Crippen molar-refractivity contribution in [2.24, 2.45) is 0 Å². The van der Waals surface area contributed by atoms with Gasteiger partial charge in [-0.2, -0.15) is 5.10 Å². The fourth-order valence-corrected chi connectivity index (χ4v) is 2.59. The van der Waals surface area contributed by atoms with Gasteiger partial charge in [0.05, 0.1) is 17.1 Å². The third-order valence-electron chi connectivity index (χ3n) is 3.75. The van der Waals surface area contributed by atoms with Crippen LogP contribution in [0.3, 0.4) is 0 Å². The summed E-state index contributed by atoms with van der Waals surface area (Å²) < 4.78 is 13.4. The molecule has 0 bridgehead atoms. The van der Waals surface area contributed by atoms with E-state index in [1.165, 1.54) is 18.2 Å². The summed E-state index contributed by atoms with van der Waals surface area (Å²) >= 11 is 0. The number of hydrogen-bond donors (Lipinski definition) is 3. The van der Waals surface area contributed by atoms with Gasteiger partial charge in [0.1, 0.15) is 18.1 Å². The van der Waals surface area contributed by atoms with E-state index in [4.69, 9.17) is 5.11 Å². The number of nitrogens with one attached hydrogen (secondary N) is 2. The lowest BCUT2D eigenvalue weighted by molar-refractivity contribution is -0.136. The number of hydrogen-bond acceptors (Lipinski definition) is 5. The molecule has 0 radical (unpaired) electrons. The number of amides is 1. The van der Waals surface area contributed by atoms with Crippen molar-refractivity contribution in [1.82, 2.24) is 25.5 Å². The average Bonchev–Trinajstić information content (AvgIpc) is 3.01. The Morgan fingerprint density at radius 3 is 2.81 bits per heavy atom. The lowest BCUT2D eigenvalue weighted by Crippen LogP contribution is -2.27. The van der Waals surface area contributed by atoms with E-state index in [1.807, 2.05) is 0 Å². The number of carbonyl (C=O) groups is 2. The Morgan fingerprint density at radius 1 is 1.31 bits per heavy atom. The average molecular weight is 357 g/mol. The fourth-order valence-electron chi connectivity index (χ4n) is 2.59. The molecule has 3 N–H and O–H groups in total. The van der Waals surface area contributed by atoms with Crippen molar-refractivity contribution in [3.05, 3.63) is 53.0 Å². The first kappa shape index (κ1) is 17.5. The maximum Gasteiger partial charge on any atom is 0.311 e. The second-order valence-electron chi connectivity index (χ2n) is 5.88. The molecule has 1 amide bonds. The molecule has 9 heteroatoms. The van der Waals surface area contributed by atoms with E-state index in [9.17, 15) is 14.0 Å². The van der Waals surface area contributed by atoms with Gasteiger partial charge in [0, 0.05) is 17.1 Å². The zero-order valence-corrected chi connectivity index (χ0v) is 14.1. The number of fused-ring (bicyclic) bond motifs is 1. The van der Waals surface area contributed by atoms with Gasteiger partial charge in [-0.3, -0.25) is 19.7 Å². The van der Waals surface area contributed by atoms with Gasteiger partial charge in [-0.05, 0) is 32.0 Å². The van der Waals surface area contributed by atoms with Crippen molar-refractivity contribution in [3.63, 3.8) is 0 Å². The number of carboxylic acids is 1. The van der Waals surface area contributed by atoms with Gasteiger partial charge in [0.2, 0.25) is 0 Å². The van der Waals surface area contributed by atoms with Gasteiger partial charge in [0.25, 0.3) is 5.91 Å². The zero-order chi connectivity index (χ0) is 18.8. The summed E-state index contributed by atoms with van der Waals surface area (Å²) in [5.41, 5.74) is 1.34. The van der Waals surface area contributed by atoms with Crippen LogP contribution in [-0.4, -0.2) is 37.1 Å². The molecule has 26 heavy (non-hydrogen) atoms. The quantitative estimate of drug-likeness (QED) is 0.641. The van der Waals surface area contributed by atoms with Crippen molar-refractivity contribution in [1.29, 1.82) is 0 Å². The Morgan fingerprint density at radius 2 is 2.08 bits per heavy atom. The molecule has 1 unspecified atom stereocenters. The van der Waals surface area contributed by atoms with Crippen molar-refractivity contribution in [2.75, 3.05) is 0 Å². The molecule has 2 heterocycles. The number of aromatic amines is 1. The number of halogens is 1. The van der Waals surface area contributed by atoms with Crippen LogP contribution in [0.2, 0.25) is 0 Å². The van der Waals surface area contributed by atoms with Crippen LogP contribution in [0.5, 0.6) is 0 Å². The highest BCUT2D eigenvalue weighted by atomic mass is 19.1. The van der Waals surface area contributed by atoms with Gasteiger partial charge >= 0.3 is 5.97 Å².